The second kappa shape index (κ2) is 9.76. The minimum atomic E-state index is -0.209. The zero-order valence-electron chi connectivity index (χ0n) is 17.3. The van der Waals surface area contributed by atoms with E-state index in [4.69, 9.17) is 4.74 Å². The van der Waals surface area contributed by atoms with E-state index in [0.717, 1.165) is 57.9 Å². The second-order valence-corrected chi connectivity index (χ2v) is 7.85. The van der Waals surface area contributed by atoms with Crippen molar-refractivity contribution in [2.75, 3.05) is 49.6 Å². The predicted molar refractivity (Wildman–Crippen MR) is 118 cm³/mol. The summed E-state index contributed by atoms with van der Waals surface area (Å²) in [4.78, 5) is 30.1. The molecule has 0 aliphatic carbocycles. The van der Waals surface area contributed by atoms with Crippen LogP contribution in [0.1, 0.15) is 46.4 Å². The van der Waals surface area contributed by atoms with Gasteiger partial charge in [-0.2, -0.15) is 0 Å². The molecule has 6 nitrogen and oxygen atoms in total. The van der Waals surface area contributed by atoms with Gasteiger partial charge in [-0.3, -0.25) is 9.59 Å². The van der Waals surface area contributed by atoms with E-state index in [9.17, 15) is 9.59 Å². The first-order valence-electron chi connectivity index (χ1n) is 10.8. The first-order chi connectivity index (χ1) is 14.7. The Labute approximate surface area is 177 Å². The van der Waals surface area contributed by atoms with Gasteiger partial charge >= 0.3 is 0 Å². The number of amides is 2. The fourth-order valence-corrected chi connectivity index (χ4v) is 4.06. The Hall–Kier alpha value is -2.86. The molecule has 0 spiro atoms. The van der Waals surface area contributed by atoms with Crippen LogP contribution in [0.2, 0.25) is 0 Å². The summed E-state index contributed by atoms with van der Waals surface area (Å²) in [7, 11) is 0. The molecule has 2 fully saturated rings. The average molecular weight is 408 g/mol. The SMILES string of the molecule is O=C(Nc1ccccc1C(=O)N1CCCCCC1)c1ccc(N2CCOCC2)cc1. The third-order valence-corrected chi connectivity index (χ3v) is 5.80. The molecule has 2 aliphatic heterocycles. The standard InChI is InChI=1S/C24H29N3O3/c28-23(19-9-11-20(12-10-19)26-15-17-30-18-16-26)25-22-8-4-3-7-21(22)24(29)27-13-5-1-2-6-14-27/h3-4,7-12H,1-2,5-6,13-18H2,(H,25,28). The largest absolute Gasteiger partial charge is 0.378 e. The molecule has 2 aliphatic rings. The number of hydrogen-bond acceptors (Lipinski definition) is 4. The maximum Gasteiger partial charge on any atom is 0.255 e. The van der Waals surface area contributed by atoms with Crippen molar-refractivity contribution in [1.29, 1.82) is 0 Å². The van der Waals surface area contributed by atoms with Gasteiger partial charge < -0.3 is 19.9 Å². The van der Waals surface area contributed by atoms with E-state index >= 15 is 0 Å². The van der Waals surface area contributed by atoms with E-state index in [1.54, 1.807) is 12.1 Å². The van der Waals surface area contributed by atoms with Gasteiger partial charge in [0.25, 0.3) is 11.8 Å². The molecule has 0 bridgehead atoms. The summed E-state index contributed by atoms with van der Waals surface area (Å²) >= 11 is 0. The van der Waals surface area contributed by atoms with Crippen LogP contribution in [-0.2, 0) is 4.74 Å². The number of hydrogen-bond donors (Lipinski definition) is 1. The molecule has 6 heteroatoms. The molecule has 30 heavy (non-hydrogen) atoms. The molecule has 0 saturated carbocycles. The number of nitrogens with one attached hydrogen (secondary N) is 1. The third-order valence-electron chi connectivity index (χ3n) is 5.80. The quantitative estimate of drug-likeness (QED) is 0.838. The van der Waals surface area contributed by atoms with Gasteiger partial charge in [-0.15, -0.1) is 0 Å². The lowest BCUT2D eigenvalue weighted by Crippen LogP contribution is -2.36. The summed E-state index contributed by atoms with van der Waals surface area (Å²) in [5.74, 6) is -0.213. The van der Waals surface area contributed by atoms with E-state index in [2.05, 4.69) is 10.2 Å². The predicted octanol–water partition coefficient (Wildman–Crippen LogP) is 3.79. The second-order valence-electron chi connectivity index (χ2n) is 7.85. The molecule has 0 aromatic heterocycles. The molecule has 2 aromatic carbocycles. The van der Waals surface area contributed by atoms with Gasteiger partial charge in [0.2, 0.25) is 0 Å². The monoisotopic (exact) mass is 407 g/mol. The van der Waals surface area contributed by atoms with Gasteiger partial charge in [0, 0.05) is 37.4 Å². The maximum atomic E-state index is 13.1. The summed E-state index contributed by atoms with van der Waals surface area (Å²) < 4.78 is 5.39. The minimum absolute atomic E-state index is 0.00420. The summed E-state index contributed by atoms with van der Waals surface area (Å²) in [6.07, 6.45) is 4.41. The highest BCUT2D eigenvalue weighted by Gasteiger charge is 2.21. The van der Waals surface area contributed by atoms with Crippen molar-refractivity contribution in [2.45, 2.75) is 25.7 Å². The van der Waals surface area contributed by atoms with Crippen molar-refractivity contribution < 1.29 is 14.3 Å². The summed E-state index contributed by atoms with van der Waals surface area (Å²) in [6, 6.07) is 14.9. The Morgan fingerprint density at radius 3 is 2.17 bits per heavy atom. The molecule has 2 saturated heterocycles. The summed E-state index contributed by atoms with van der Waals surface area (Å²) in [5.41, 5.74) is 2.78. The van der Waals surface area contributed by atoms with Crippen molar-refractivity contribution in [3.8, 4) is 0 Å². The van der Waals surface area contributed by atoms with Crippen LogP contribution in [0.4, 0.5) is 11.4 Å². The van der Waals surface area contributed by atoms with Gasteiger partial charge in [-0.25, -0.2) is 0 Å². The molecule has 2 heterocycles. The van der Waals surface area contributed by atoms with Crippen molar-refractivity contribution >= 4 is 23.2 Å². The molecule has 2 aromatic rings. The number of morpholine rings is 1. The summed E-state index contributed by atoms with van der Waals surface area (Å²) in [6.45, 7) is 4.73. The number of carbonyl (C=O) groups excluding carboxylic acids is 2. The average Bonchev–Trinajstić information content (AvgIpc) is 3.09. The van der Waals surface area contributed by atoms with E-state index < -0.39 is 0 Å². The van der Waals surface area contributed by atoms with Crippen LogP contribution in [0.25, 0.3) is 0 Å². The molecular weight excluding hydrogens is 378 g/mol. The minimum Gasteiger partial charge on any atom is -0.378 e. The van der Waals surface area contributed by atoms with Gasteiger partial charge in [0.1, 0.15) is 0 Å². The maximum absolute atomic E-state index is 13.1. The number of ether oxygens (including phenoxy) is 1. The van der Waals surface area contributed by atoms with Crippen LogP contribution in [0.15, 0.2) is 48.5 Å². The van der Waals surface area contributed by atoms with Crippen LogP contribution in [0, 0.1) is 0 Å². The molecular formula is C24H29N3O3. The Morgan fingerprint density at radius 1 is 0.800 bits per heavy atom. The smallest absolute Gasteiger partial charge is 0.255 e. The van der Waals surface area contributed by atoms with E-state index in [-0.39, 0.29) is 11.8 Å². The number of benzene rings is 2. The highest BCUT2D eigenvalue weighted by molar-refractivity contribution is 6.09. The van der Waals surface area contributed by atoms with Crippen LogP contribution < -0.4 is 10.2 Å². The highest BCUT2D eigenvalue weighted by atomic mass is 16.5. The van der Waals surface area contributed by atoms with Gasteiger partial charge in [-0.05, 0) is 49.2 Å². The Kier molecular flexibility index (Phi) is 6.64. The van der Waals surface area contributed by atoms with Gasteiger partial charge in [0.05, 0.1) is 24.5 Å². The normalized spacial score (nSPS) is 17.3. The van der Waals surface area contributed by atoms with Crippen molar-refractivity contribution in [2.24, 2.45) is 0 Å². The number of carbonyl (C=O) groups is 2. The molecule has 158 valence electrons. The first-order valence-corrected chi connectivity index (χ1v) is 10.8. The molecule has 4 rings (SSSR count). The van der Waals surface area contributed by atoms with Crippen LogP contribution in [0.5, 0.6) is 0 Å². The van der Waals surface area contributed by atoms with Crippen molar-refractivity contribution in [1.82, 2.24) is 4.90 Å². The number of para-hydroxylation sites is 1. The number of anilines is 2. The zero-order valence-corrected chi connectivity index (χ0v) is 17.3. The van der Waals surface area contributed by atoms with E-state index in [1.807, 2.05) is 41.3 Å². The van der Waals surface area contributed by atoms with Gasteiger partial charge in [-0.1, -0.05) is 25.0 Å². The van der Waals surface area contributed by atoms with Crippen LogP contribution in [-0.4, -0.2) is 56.1 Å². The molecule has 0 unspecified atom stereocenters. The topological polar surface area (TPSA) is 61.9 Å². The third kappa shape index (κ3) is 4.82. The number of likely N-dealkylation sites (tertiary alicyclic amines) is 1. The Morgan fingerprint density at radius 2 is 1.47 bits per heavy atom. The molecule has 2 amide bonds. The number of nitrogens with zero attached hydrogens (tertiary/aromatic N) is 2. The van der Waals surface area contributed by atoms with E-state index in [0.29, 0.717) is 16.8 Å². The van der Waals surface area contributed by atoms with E-state index in [1.165, 1.54) is 12.8 Å². The fraction of sp³-hybridized carbons (Fsp3) is 0.417. The van der Waals surface area contributed by atoms with Crippen LogP contribution in [0.3, 0.4) is 0 Å². The van der Waals surface area contributed by atoms with Crippen molar-refractivity contribution in [3.63, 3.8) is 0 Å². The Bertz CT molecular complexity index is 868. The van der Waals surface area contributed by atoms with Crippen LogP contribution >= 0.6 is 0 Å². The lowest BCUT2D eigenvalue weighted by atomic mass is 10.1. The molecule has 1 N–H and O–H groups in total. The Balaban J connectivity index is 1.46. The van der Waals surface area contributed by atoms with Crippen molar-refractivity contribution in [3.05, 3.63) is 59.7 Å². The lowest BCUT2D eigenvalue weighted by Gasteiger charge is -2.28. The summed E-state index contributed by atoms with van der Waals surface area (Å²) in [5, 5.41) is 2.94. The van der Waals surface area contributed by atoms with Gasteiger partial charge in [0.15, 0.2) is 0 Å². The fourth-order valence-electron chi connectivity index (χ4n) is 4.06. The number of rotatable bonds is 4. The highest BCUT2D eigenvalue weighted by Crippen LogP contribution is 2.22. The zero-order chi connectivity index (χ0) is 20.8. The molecule has 0 atom stereocenters. The first kappa shape index (κ1) is 20.4. The molecule has 0 radical (unpaired) electrons. The lowest BCUT2D eigenvalue weighted by molar-refractivity contribution is 0.0762.